The molecule has 3 rings (SSSR count). The first kappa shape index (κ1) is 22.3. The van der Waals surface area contributed by atoms with Gasteiger partial charge in [-0.25, -0.2) is 9.59 Å². The summed E-state index contributed by atoms with van der Waals surface area (Å²) < 4.78 is 10.6. The van der Waals surface area contributed by atoms with Crippen LogP contribution < -0.4 is 11.1 Å². The molecule has 0 unspecified atom stereocenters. The van der Waals surface area contributed by atoms with Gasteiger partial charge in [-0.3, -0.25) is 4.79 Å². The summed E-state index contributed by atoms with van der Waals surface area (Å²) in [5, 5.41) is 2.60. The number of hydrogen-bond acceptors (Lipinski definition) is 5. The number of benzene rings is 2. The smallest absolute Gasteiger partial charge is 0.407 e. The molecule has 0 heterocycles. The number of ether oxygens (including phenoxy) is 2. The fraction of sp³-hybridized carbons (Fsp3) is 0.375. The van der Waals surface area contributed by atoms with E-state index in [0.29, 0.717) is 6.42 Å². The van der Waals surface area contributed by atoms with Crippen LogP contribution in [0.15, 0.2) is 48.5 Å². The second-order valence-electron chi connectivity index (χ2n) is 7.81. The molecule has 0 spiro atoms. The van der Waals surface area contributed by atoms with E-state index in [9.17, 15) is 14.4 Å². The van der Waals surface area contributed by atoms with Crippen LogP contribution in [0.1, 0.15) is 44.2 Å². The standard InChI is InChI=1S/C24H28N2O5/c1-4-14(2)21(23(28)31-15(3)22(25)27)26-24(29)30-13-20-18-11-7-5-9-16(18)17-10-6-8-12-19(17)20/h5-12,14-15,20-21H,4,13H2,1-3H3,(H2,25,27)(H,26,29)/t14-,15-,21-/m0/s1. The van der Waals surface area contributed by atoms with Crippen LogP contribution in [0.25, 0.3) is 11.1 Å². The summed E-state index contributed by atoms with van der Waals surface area (Å²) in [5.41, 5.74) is 9.63. The molecule has 0 saturated heterocycles. The van der Waals surface area contributed by atoms with Crippen molar-refractivity contribution in [3.05, 3.63) is 59.7 Å². The largest absolute Gasteiger partial charge is 0.451 e. The molecule has 2 aromatic carbocycles. The Balaban J connectivity index is 1.68. The fourth-order valence-corrected chi connectivity index (χ4v) is 3.74. The van der Waals surface area contributed by atoms with Gasteiger partial charge in [0.2, 0.25) is 0 Å². The molecule has 0 saturated carbocycles. The molecular formula is C24H28N2O5. The Morgan fingerprint density at radius 1 is 1.00 bits per heavy atom. The lowest BCUT2D eigenvalue weighted by atomic mass is 9.98. The molecule has 0 aliphatic heterocycles. The Bertz CT molecular complexity index is 928. The summed E-state index contributed by atoms with van der Waals surface area (Å²) in [5.74, 6) is -1.76. The van der Waals surface area contributed by atoms with Gasteiger partial charge in [0.25, 0.3) is 5.91 Å². The van der Waals surface area contributed by atoms with E-state index >= 15 is 0 Å². The number of primary amides is 1. The van der Waals surface area contributed by atoms with E-state index in [4.69, 9.17) is 15.2 Å². The van der Waals surface area contributed by atoms with E-state index in [0.717, 1.165) is 22.3 Å². The third kappa shape index (κ3) is 4.87. The van der Waals surface area contributed by atoms with Crippen molar-refractivity contribution >= 4 is 18.0 Å². The highest BCUT2D eigenvalue weighted by molar-refractivity contribution is 5.86. The highest BCUT2D eigenvalue weighted by Gasteiger charge is 2.32. The second-order valence-corrected chi connectivity index (χ2v) is 7.81. The van der Waals surface area contributed by atoms with Crippen LogP contribution >= 0.6 is 0 Å². The predicted molar refractivity (Wildman–Crippen MR) is 116 cm³/mol. The number of carbonyl (C=O) groups is 3. The lowest BCUT2D eigenvalue weighted by Crippen LogP contribution is -2.48. The normalized spacial score (nSPS) is 15.2. The molecule has 2 amide bonds. The molecule has 0 fully saturated rings. The highest BCUT2D eigenvalue weighted by Crippen LogP contribution is 2.44. The predicted octanol–water partition coefficient (Wildman–Crippen LogP) is 3.36. The van der Waals surface area contributed by atoms with Crippen LogP contribution in [-0.2, 0) is 19.1 Å². The average Bonchev–Trinajstić information content (AvgIpc) is 3.09. The molecule has 1 aliphatic rings. The first-order valence-electron chi connectivity index (χ1n) is 10.4. The van der Waals surface area contributed by atoms with E-state index in [1.807, 2.05) is 50.2 Å². The number of esters is 1. The molecular weight excluding hydrogens is 396 g/mol. The van der Waals surface area contributed by atoms with Gasteiger partial charge in [0.05, 0.1) is 0 Å². The first-order valence-corrected chi connectivity index (χ1v) is 10.4. The maximum Gasteiger partial charge on any atom is 0.407 e. The van der Waals surface area contributed by atoms with Gasteiger partial charge >= 0.3 is 12.1 Å². The van der Waals surface area contributed by atoms with Gasteiger partial charge in [0, 0.05) is 5.92 Å². The van der Waals surface area contributed by atoms with Crippen molar-refractivity contribution in [3.63, 3.8) is 0 Å². The van der Waals surface area contributed by atoms with Crippen molar-refractivity contribution in [2.75, 3.05) is 6.61 Å². The SMILES string of the molecule is CC[C@H](C)[C@H](NC(=O)OCC1c2ccccc2-c2ccccc21)C(=O)O[C@@H](C)C(N)=O. The zero-order valence-electron chi connectivity index (χ0n) is 18.0. The number of alkyl carbamates (subject to hydrolysis) is 1. The summed E-state index contributed by atoms with van der Waals surface area (Å²) in [7, 11) is 0. The summed E-state index contributed by atoms with van der Waals surface area (Å²) in [6.45, 7) is 5.23. The lowest BCUT2D eigenvalue weighted by molar-refractivity contribution is -0.156. The third-order valence-electron chi connectivity index (χ3n) is 5.78. The molecule has 2 aromatic rings. The molecule has 164 valence electrons. The van der Waals surface area contributed by atoms with Crippen molar-refractivity contribution in [2.45, 2.75) is 45.3 Å². The Morgan fingerprint density at radius 3 is 2.06 bits per heavy atom. The van der Waals surface area contributed by atoms with E-state index in [2.05, 4.69) is 17.4 Å². The van der Waals surface area contributed by atoms with Crippen LogP contribution in [0, 0.1) is 5.92 Å². The molecule has 3 N–H and O–H groups in total. The summed E-state index contributed by atoms with van der Waals surface area (Å²) >= 11 is 0. The minimum absolute atomic E-state index is 0.0814. The molecule has 7 nitrogen and oxygen atoms in total. The van der Waals surface area contributed by atoms with Crippen molar-refractivity contribution in [1.29, 1.82) is 0 Å². The minimum Gasteiger partial charge on any atom is -0.451 e. The number of carbonyl (C=O) groups excluding carboxylic acids is 3. The fourth-order valence-electron chi connectivity index (χ4n) is 3.74. The van der Waals surface area contributed by atoms with Gasteiger partial charge < -0.3 is 20.5 Å². The molecule has 0 aromatic heterocycles. The Kier molecular flexibility index (Phi) is 6.95. The monoisotopic (exact) mass is 424 g/mol. The molecule has 3 atom stereocenters. The quantitative estimate of drug-likeness (QED) is 0.632. The van der Waals surface area contributed by atoms with E-state index in [-0.39, 0.29) is 18.4 Å². The molecule has 1 aliphatic carbocycles. The summed E-state index contributed by atoms with van der Waals surface area (Å²) in [4.78, 5) is 36.2. The van der Waals surface area contributed by atoms with Crippen LogP contribution in [0.3, 0.4) is 0 Å². The van der Waals surface area contributed by atoms with Gasteiger partial charge in [-0.1, -0.05) is 68.8 Å². The summed E-state index contributed by atoms with van der Waals surface area (Å²) in [6.07, 6.45) is -1.17. The molecule has 0 radical (unpaired) electrons. The lowest BCUT2D eigenvalue weighted by Gasteiger charge is -2.24. The number of fused-ring (bicyclic) bond motifs is 3. The number of nitrogens with one attached hydrogen (secondary N) is 1. The average molecular weight is 424 g/mol. The van der Waals surface area contributed by atoms with Gasteiger partial charge in [0.15, 0.2) is 6.10 Å². The van der Waals surface area contributed by atoms with Gasteiger partial charge in [-0.15, -0.1) is 0 Å². The van der Waals surface area contributed by atoms with Crippen molar-refractivity contribution in [2.24, 2.45) is 11.7 Å². The molecule has 7 heteroatoms. The number of rotatable bonds is 8. The van der Waals surface area contributed by atoms with Crippen molar-refractivity contribution < 1.29 is 23.9 Å². The van der Waals surface area contributed by atoms with Gasteiger partial charge in [0.1, 0.15) is 12.6 Å². The van der Waals surface area contributed by atoms with Crippen molar-refractivity contribution in [1.82, 2.24) is 5.32 Å². The topological polar surface area (TPSA) is 108 Å². The van der Waals surface area contributed by atoms with E-state index < -0.39 is 30.1 Å². The molecule has 0 bridgehead atoms. The van der Waals surface area contributed by atoms with Gasteiger partial charge in [-0.2, -0.15) is 0 Å². The Hall–Kier alpha value is -3.35. The van der Waals surface area contributed by atoms with E-state index in [1.165, 1.54) is 6.92 Å². The second kappa shape index (κ2) is 9.64. The van der Waals surface area contributed by atoms with E-state index in [1.54, 1.807) is 0 Å². The van der Waals surface area contributed by atoms with Crippen molar-refractivity contribution in [3.8, 4) is 11.1 Å². The highest BCUT2D eigenvalue weighted by atomic mass is 16.6. The van der Waals surface area contributed by atoms with Crippen LogP contribution in [0.5, 0.6) is 0 Å². The zero-order valence-corrected chi connectivity index (χ0v) is 18.0. The van der Waals surface area contributed by atoms with Crippen LogP contribution in [0.4, 0.5) is 4.79 Å². The zero-order chi connectivity index (χ0) is 22.5. The first-order chi connectivity index (χ1) is 14.8. The Labute approximate surface area is 181 Å². The number of nitrogens with two attached hydrogens (primary N) is 1. The number of hydrogen-bond donors (Lipinski definition) is 2. The summed E-state index contributed by atoms with van der Waals surface area (Å²) in [6, 6.07) is 15.1. The van der Waals surface area contributed by atoms with Crippen LogP contribution in [-0.4, -0.2) is 36.7 Å². The van der Waals surface area contributed by atoms with Crippen LogP contribution in [0.2, 0.25) is 0 Å². The Morgan fingerprint density at radius 2 is 1.55 bits per heavy atom. The molecule has 31 heavy (non-hydrogen) atoms. The third-order valence-corrected chi connectivity index (χ3v) is 5.78. The maximum absolute atomic E-state index is 12.5. The van der Waals surface area contributed by atoms with Gasteiger partial charge in [-0.05, 0) is 35.1 Å². The maximum atomic E-state index is 12.5. The minimum atomic E-state index is -1.08. The number of amides is 2.